The Kier molecular flexibility index (Phi) is 1.90. The molecule has 0 radical (unpaired) electrons. The maximum absolute atomic E-state index is 8.14. The van der Waals surface area contributed by atoms with Crippen LogP contribution >= 0.6 is 27.8 Å². The van der Waals surface area contributed by atoms with Crippen LogP contribution < -0.4 is 0 Å². The first-order valence-electron chi connectivity index (χ1n) is 1.68. The average Bonchev–Trinajstić information content (AvgIpc) is 1.90. The summed E-state index contributed by atoms with van der Waals surface area (Å²) in [6.45, 7) is 0. The van der Waals surface area contributed by atoms with Gasteiger partial charge in [-0.15, -0.1) is 0 Å². The summed E-state index contributed by atoms with van der Waals surface area (Å²) in [5.74, 6) is 3.88. The van der Waals surface area contributed by atoms with Crippen molar-refractivity contribution in [2.24, 2.45) is 0 Å². The molecule has 3 nitrogen and oxygen atoms in total. The van der Waals surface area contributed by atoms with Gasteiger partial charge in [-0.2, -0.15) is 0 Å². The number of halogens is 2. The summed E-state index contributed by atoms with van der Waals surface area (Å²) in [7, 11) is 0. The fourth-order valence-electron chi connectivity index (χ4n) is 0.0671. The molecule has 0 amide bonds. The van der Waals surface area contributed by atoms with Gasteiger partial charge in [0.15, 0.2) is 0 Å². The second-order valence-corrected chi connectivity index (χ2v) is 8.20. The third-order valence-electron chi connectivity index (χ3n) is 0.527. The molecule has 9 heavy (non-hydrogen) atoms. The quantitative estimate of drug-likeness (QED) is 0.536. The molecule has 0 heterocycles. The van der Waals surface area contributed by atoms with Gasteiger partial charge in [-0.05, 0) is 0 Å². The van der Waals surface area contributed by atoms with Gasteiger partial charge in [-0.3, -0.25) is 0 Å². The van der Waals surface area contributed by atoms with E-state index in [1.165, 1.54) is 17.4 Å². The summed E-state index contributed by atoms with van der Waals surface area (Å²) in [5.41, 5.74) is 0. The van der Waals surface area contributed by atoms with Crippen molar-refractivity contribution in [1.29, 1.82) is 15.8 Å². The fraction of sp³-hybridized carbons (Fsp3) is 0. The van der Waals surface area contributed by atoms with Crippen LogP contribution in [0.15, 0.2) is 0 Å². The van der Waals surface area contributed by atoms with Crippen LogP contribution in [0, 0.1) is 33.2 Å². The number of nitrogens with zero attached hydrogens (tertiary/aromatic N) is 3. The molecule has 0 aromatic rings. The predicted molar refractivity (Wildman–Crippen MR) is 35.5 cm³/mol. The molecule has 0 bridgehead atoms. The first-order chi connectivity index (χ1) is 3.96. The molecular weight excluding hydrogens is 180 g/mol. The molecule has 0 spiro atoms. The molecule has 0 aromatic carbocycles. The summed E-state index contributed by atoms with van der Waals surface area (Å²) in [5, 5.41) is 20.2. The van der Waals surface area contributed by atoms with E-state index in [0.717, 1.165) is 0 Å². The van der Waals surface area contributed by atoms with Crippen LogP contribution in [-0.2, 0) is 0 Å². The van der Waals surface area contributed by atoms with Gasteiger partial charge in [0.05, 0.1) is 0 Å². The van der Waals surface area contributed by atoms with Crippen LogP contribution in [0.25, 0.3) is 0 Å². The van der Waals surface area contributed by atoms with Crippen LogP contribution in [0.2, 0.25) is 0 Å². The van der Waals surface area contributed by atoms with Crippen molar-refractivity contribution < 1.29 is 0 Å². The van der Waals surface area contributed by atoms with Crippen LogP contribution in [0.4, 0.5) is 0 Å². The van der Waals surface area contributed by atoms with Crippen molar-refractivity contribution in [3.63, 3.8) is 0 Å². The zero-order chi connectivity index (χ0) is 7.57. The molecule has 0 saturated carbocycles. The summed E-state index contributed by atoms with van der Waals surface area (Å²) in [6, 6.07) is 0. The van der Waals surface area contributed by atoms with E-state index in [1.54, 1.807) is 0 Å². The predicted octanol–water partition coefficient (Wildman–Crippen LogP) is 2.29. The molecule has 0 fully saturated rings. The van der Waals surface area contributed by atoms with E-state index < -0.39 is 5.31 Å². The molecule has 0 rings (SSSR count). The van der Waals surface area contributed by atoms with E-state index in [-0.39, 0.29) is 0 Å². The summed E-state index contributed by atoms with van der Waals surface area (Å²) < 4.78 is 0. The Morgan fingerprint density at radius 2 is 1.11 bits per heavy atom. The fourth-order valence-corrected chi connectivity index (χ4v) is 0.201. The molecule has 46 valence electrons. The van der Waals surface area contributed by atoms with Gasteiger partial charge in [-0.1, -0.05) is 0 Å². The molecule has 0 unspecified atom stereocenters. The zero-order valence-electron chi connectivity index (χ0n) is 4.04. The Bertz CT molecular complexity index is 209. The van der Waals surface area contributed by atoms with Crippen molar-refractivity contribution >= 4 is 27.8 Å². The topological polar surface area (TPSA) is 71.4 Å². The standard InChI is InChI=1S/C3Cl2N3P/c4-9(5,1-6,2-7)3-8. The molecule has 6 heteroatoms. The van der Waals surface area contributed by atoms with Gasteiger partial charge in [0.25, 0.3) is 0 Å². The van der Waals surface area contributed by atoms with Crippen LogP contribution in [-0.4, -0.2) is 0 Å². The minimum absolute atomic E-state index is 1.29. The van der Waals surface area contributed by atoms with Crippen molar-refractivity contribution in [3.8, 4) is 17.4 Å². The van der Waals surface area contributed by atoms with Crippen LogP contribution in [0.3, 0.4) is 0 Å². The van der Waals surface area contributed by atoms with Gasteiger partial charge >= 0.3 is 61.0 Å². The van der Waals surface area contributed by atoms with Crippen molar-refractivity contribution in [2.75, 3.05) is 0 Å². The molecule has 0 saturated heterocycles. The van der Waals surface area contributed by atoms with Crippen molar-refractivity contribution in [1.82, 2.24) is 0 Å². The van der Waals surface area contributed by atoms with Gasteiger partial charge in [-0.25, -0.2) is 0 Å². The summed E-state index contributed by atoms with van der Waals surface area (Å²) in [6.07, 6.45) is 0. The van der Waals surface area contributed by atoms with Gasteiger partial charge in [0.1, 0.15) is 0 Å². The van der Waals surface area contributed by atoms with Gasteiger partial charge < -0.3 is 0 Å². The molecule has 0 aliphatic rings. The minimum atomic E-state index is -4.27. The molecule has 0 aliphatic carbocycles. The van der Waals surface area contributed by atoms with Gasteiger partial charge in [0, 0.05) is 0 Å². The maximum atomic E-state index is 8.14. The summed E-state index contributed by atoms with van der Waals surface area (Å²) >= 11 is 10.3. The molecule has 0 aliphatic heterocycles. The summed E-state index contributed by atoms with van der Waals surface area (Å²) in [4.78, 5) is 0. The molecule has 0 aromatic heterocycles. The SMILES string of the molecule is N#CP(Cl)(Cl)(C#N)C#N. The third-order valence-corrected chi connectivity index (χ3v) is 2.94. The number of nitriles is 3. The number of rotatable bonds is 0. The number of hydrogen-bond acceptors (Lipinski definition) is 3. The van der Waals surface area contributed by atoms with Crippen molar-refractivity contribution in [3.05, 3.63) is 0 Å². The second-order valence-electron chi connectivity index (χ2n) is 1.21. The molecule has 0 N–H and O–H groups in total. The zero-order valence-corrected chi connectivity index (χ0v) is 6.45. The Hall–Kier alpha value is -0.520. The van der Waals surface area contributed by atoms with E-state index in [9.17, 15) is 0 Å². The van der Waals surface area contributed by atoms with Crippen LogP contribution in [0.5, 0.6) is 0 Å². The normalized spacial score (nSPS) is 13.4. The first-order valence-corrected chi connectivity index (χ1v) is 5.73. The van der Waals surface area contributed by atoms with Gasteiger partial charge in [0.2, 0.25) is 0 Å². The third kappa shape index (κ3) is 1.70. The van der Waals surface area contributed by atoms with E-state index in [2.05, 4.69) is 0 Å². The Morgan fingerprint density at radius 3 is 1.11 bits per heavy atom. The Labute approximate surface area is 61.5 Å². The van der Waals surface area contributed by atoms with E-state index in [4.69, 9.17) is 38.3 Å². The van der Waals surface area contributed by atoms with Crippen LogP contribution in [0.1, 0.15) is 0 Å². The second kappa shape index (κ2) is 2.02. The monoisotopic (exact) mass is 179 g/mol. The molecular formula is C3Cl2N3P. The van der Waals surface area contributed by atoms with E-state index in [0.29, 0.717) is 0 Å². The average molecular weight is 180 g/mol. The Balaban J connectivity index is 5.06. The Morgan fingerprint density at radius 1 is 0.889 bits per heavy atom. The first kappa shape index (κ1) is 8.48. The van der Waals surface area contributed by atoms with E-state index in [1.807, 2.05) is 0 Å². The van der Waals surface area contributed by atoms with E-state index >= 15 is 0 Å². The molecule has 0 atom stereocenters. The number of hydrogen-bond donors (Lipinski definition) is 0. The van der Waals surface area contributed by atoms with Crippen molar-refractivity contribution in [2.45, 2.75) is 0 Å².